The highest BCUT2D eigenvalue weighted by molar-refractivity contribution is 5.67. The van der Waals surface area contributed by atoms with Gasteiger partial charge in [0.05, 0.1) is 0 Å². The molecule has 0 bridgehead atoms. The smallest absolute Gasteiger partial charge is 0.302 e. The zero-order valence-electron chi connectivity index (χ0n) is 42.0. The third kappa shape index (κ3) is 8.44. The number of hydrogen-bond donors (Lipinski definition) is 0. The lowest BCUT2D eigenvalue weighted by Gasteiger charge is -2.62. The first-order chi connectivity index (χ1) is 31.4. The fraction of sp³-hybridized carbons (Fsp3) is 0.759. The molecule has 6 saturated carbocycles. The number of esters is 4. The van der Waals surface area contributed by atoms with E-state index in [1.165, 1.54) is 24.0 Å². The second kappa shape index (κ2) is 19.2. The Labute approximate surface area is 397 Å². The number of carbonyl (C=O) groups is 4. The van der Waals surface area contributed by atoms with E-state index in [1.807, 2.05) is 0 Å². The highest BCUT2D eigenvalue weighted by atomic mass is 16.6. The number of hydrogen-bond acceptors (Lipinski definition) is 8. The highest BCUT2D eigenvalue weighted by Gasteiger charge is 2.64. The number of rotatable bonds is 14. The van der Waals surface area contributed by atoms with Crippen molar-refractivity contribution in [2.75, 3.05) is 0 Å². The fourth-order valence-corrected chi connectivity index (χ4v) is 18.6. The van der Waals surface area contributed by atoms with Gasteiger partial charge in [-0.1, -0.05) is 61.4 Å². The second-order valence-corrected chi connectivity index (χ2v) is 23.4. The van der Waals surface area contributed by atoms with E-state index in [1.54, 1.807) is 27.7 Å². The van der Waals surface area contributed by atoms with Gasteiger partial charge >= 0.3 is 23.9 Å². The maximum Gasteiger partial charge on any atom is 0.302 e. The van der Waals surface area contributed by atoms with Gasteiger partial charge in [0.15, 0.2) is 0 Å². The van der Waals surface area contributed by atoms with Crippen LogP contribution in [-0.2, 0) is 38.1 Å². The Hall–Kier alpha value is -3.42. The number of ether oxygens (including phenoxy) is 4. The highest BCUT2D eigenvalue weighted by Crippen LogP contribution is 2.71. The van der Waals surface area contributed by atoms with Gasteiger partial charge in [0, 0.05) is 63.2 Å². The van der Waals surface area contributed by atoms with Crippen LogP contribution < -0.4 is 0 Å². The maximum atomic E-state index is 12.4. The van der Waals surface area contributed by atoms with Crippen LogP contribution in [0.15, 0.2) is 60.8 Å². The van der Waals surface area contributed by atoms with E-state index in [0.29, 0.717) is 47.3 Å². The van der Waals surface area contributed by atoms with Crippen LogP contribution in [0.2, 0.25) is 0 Å². The van der Waals surface area contributed by atoms with Crippen molar-refractivity contribution < 1.29 is 38.1 Å². The topological polar surface area (TPSA) is 105 Å². The van der Waals surface area contributed by atoms with E-state index < -0.39 is 0 Å². The number of fused-ring (bicyclic) bond motifs is 10. The molecule has 66 heavy (non-hydrogen) atoms. The summed E-state index contributed by atoms with van der Waals surface area (Å²) in [5.41, 5.74) is 3.07. The van der Waals surface area contributed by atoms with Crippen molar-refractivity contribution in [3.63, 3.8) is 0 Å². The molecule has 8 rings (SSSR count). The van der Waals surface area contributed by atoms with Gasteiger partial charge in [-0.2, -0.15) is 0 Å². The molecular weight excluding hydrogens is 825 g/mol. The Balaban J connectivity index is 1.17. The lowest BCUT2D eigenvalue weighted by molar-refractivity contribution is -0.154. The minimum atomic E-state index is -0.198. The summed E-state index contributed by atoms with van der Waals surface area (Å²) in [4.78, 5) is 49.2. The summed E-state index contributed by atoms with van der Waals surface area (Å²) >= 11 is 0. The van der Waals surface area contributed by atoms with E-state index >= 15 is 0 Å². The standard InChI is InChI=1S/C58H84O8/c1-11-13-41(57-31-25-45(65-39(7)61)33-43(57)17-19-47-51-23-21-49(35(3)63-37(5)59)55(51,9)29-27-53(47)57)15-16-42(14-12-2)58-32-26-46(66-40(8)62)34-44(58)18-20-48-52-24-22-50(36(4)64-38(6)60)56(52,10)30-28-54(48)58/h11-12,15-18,35-36,41-42,45-54H,1-2,13-14,19-34H2,3-10H3/b16-15+/t35?,36?,41?,42?,45-,46-,47-,48-,49+,50+,51-,52-,53-,54-,55+,56+,57+,58+/m0/s1. The van der Waals surface area contributed by atoms with Crippen LogP contribution in [0.3, 0.4) is 0 Å². The van der Waals surface area contributed by atoms with Gasteiger partial charge in [0.1, 0.15) is 24.4 Å². The van der Waals surface area contributed by atoms with Crippen molar-refractivity contribution in [1.29, 1.82) is 0 Å². The zero-order chi connectivity index (χ0) is 47.3. The summed E-state index contributed by atoms with van der Waals surface area (Å²) < 4.78 is 23.8. The van der Waals surface area contributed by atoms with Crippen molar-refractivity contribution in [3.8, 4) is 0 Å². The molecule has 0 saturated heterocycles. The van der Waals surface area contributed by atoms with Gasteiger partial charge in [-0.05, 0) is 175 Å². The molecule has 6 fully saturated rings. The van der Waals surface area contributed by atoms with E-state index in [9.17, 15) is 19.2 Å². The molecule has 0 aromatic rings. The average Bonchev–Trinajstić information content (AvgIpc) is 3.80. The van der Waals surface area contributed by atoms with Gasteiger partial charge < -0.3 is 18.9 Å². The average molecular weight is 909 g/mol. The Morgan fingerprint density at radius 3 is 1.32 bits per heavy atom. The summed E-state index contributed by atoms with van der Waals surface area (Å²) in [6.45, 7) is 24.3. The first-order valence-corrected chi connectivity index (χ1v) is 26.4. The molecule has 0 spiro atoms. The van der Waals surface area contributed by atoms with Crippen LogP contribution >= 0.6 is 0 Å². The Bertz CT molecular complexity index is 1840. The number of carbonyl (C=O) groups excluding carboxylic acids is 4. The molecule has 8 aliphatic rings. The van der Waals surface area contributed by atoms with Gasteiger partial charge in [-0.3, -0.25) is 19.2 Å². The second-order valence-electron chi connectivity index (χ2n) is 23.4. The molecule has 0 N–H and O–H groups in total. The zero-order valence-corrected chi connectivity index (χ0v) is 42.0. The molecule has 364 valence electrons. The molecule has 18 atom stereocenters. The van der Waals surface area contributed by atoms with Crippen molar-refractivity contribution >= 4 is 23.9 Å². The molecule has 0 aromatic heterocycles. The first-order valence-electron chi connectivity index (χ1n) is 26.4. The van der Waals surface area contributed by atoms with Crippen molar-refractivity contribution in [3.05, 3.63) is 60.8 Å². The molecule has 0 heterocycles. The first kappa shape index (κ1) is 49.0. The molecule has 8 nitrogen and oxygen atoms in total. The minimum Gasteiger partial charge on any atom is -0.463 e. The molecule has 8 aliphatic carbocycles. The number of allylic oxidation sites excluding steroid dienone is 6. The summed E-state index contributed by atoms with van der Waals surface area (Å²) in [5, 5.41) is 0. The van der Waals surface area contributed by atoms with Crippen LogP contribution in [0.4, 0.5) is 0 Å². The molecule has 0 amide bonds. The monoisotopic (exact) mass is 909 g/mol. The predicted molar refractivity (Wildman–Crippen MR) is 258 cm³/mol. The van der Waals surface area contributed by atoms with Crippen LogP contribution in [-0.4, -0.2) is 48.3 Å². The maximum absolute atomic E-state index is 12.4. The third-order valence-electron chi connectivity index (χ3n) is 20.7. The Morgan fingerprint density at radius 1 is 0.576 bits per heavy atom. The van der Waals surface area contributed by atoms with Crippen LogP contribution in [0.25, 0.3) is 0 Å². The van der Waals surface area contributed by atoms with Gasteiger partial charge in [0.25, 0.3) is 0 Å². The Morgan fingerprint density at radius 2 is 0.970 bits per heavy atom. The molecule has 0 aromatic carbocycles. The molecule has 4 unspecified atom stereocenters. The summed E-state index contributed by atoms with van der Waals surface area (Å²) in [7, 11) is 0. The van der Waals surface area contributed by atoms with E-state index in [0.717, 1.165) is 103 Å². The van der Waals surface area contributed by atoms with E-state index in [-0.39, 0.29) is 81.8 Å². The van der Waals surface area contributed by atoms with Crippen molar-refractivity contribution in [2.45, 2.75) is 195 Å². The predicted octanol–water partition coefficient (Wildman–Crippen LogP) is 12.8. The van der Waals surface area contributed by atoms with Crippen LogP contribution in [0.5, 0.6) is 0 Å². The quantitative estimate of drug-likeness (QED) is 0.0964. The summed E-state index contributed by atoms with van der Waals surface area (Å²) in [6, 6.07) is 0. The third-order valence-corrected chi connectivity index (χ3v) is 20.7. The fourth-order valence-electron chi connectivity index (χ4n) is 18.6. The van der Waals surface area contributed by atoms with Gasteiger partial charge in [-0.25, -0.2) is 0 Å². The van der Waals surface area contributed by atoms with E-state index in [4.69, 9.17) is 18.9 Å². The minimum absolute atomic E-state index is 0.0769. The Kier molecular flexibility index (Phi) is 14.2. The van der Waals surface area contributed by atoms with E-state index in [2.05, 4.69) is 77.3 Å². The lowest BCUT2D eigenvalue weighted by Crippen LogP contribution is -2.55. The van der Waals surface area contributed by atoms with Crippen molar-refractivity contribution in [2.24, 2.45) is 80.8 Å². The normalized spacial score (nSPS) is 41.9. The SMILES string of the molecule is C=CCC(/C=C/C(CC=C)[C@]12CC[C@H](OC(C)=O)CC1=CC[C@H]1[C@@H]3CC[C@H](C(C)OC(C)=O)[C@@]3(C)CC[C@@H]12)[C@]12CC[C@H](OC(C)=O)CC1=CC[C@H]1[C@@H]3CC[C@H](C(C)OC(C)=O)[C@@]3(C)CC[C@@H]12. The van der Waals surface area contributed by atoms with Gasteiger partial charge in [-0.15, -0.1) is 13.2 Å². The van der Waals surface area contributed by atoms with Crippen LogP contribution in [0, 0.1) is 80.8 Å². The summed E-state index contributed by atoms with van der Waals surface area (Å²) in [6.07, 6.45) is 32.7. The molecule has 0 aliphatic heterocycles. The molecule has 0 radical (unpaired) electrons. The lowest BCUT2D eigenvalue weighted by atomic mass is 9.43. The molecular formula is C58H84O8. The largest absolute Gasteiger partial charge is 0.463 e. The molecule has 8 heteroatoms. The van der Waals surface area contributed by atoms with Gasteiger partial charge in [0.2, 0.25) is 0 Å². The van der Waals surface area contributed by atoms with Crippen LogP contribution in [0.1, 0.15) is 171 Å². The summed E-state index contributed by atoms with van der Waals surface area (Å²) in [5.74, 6) is 3.60. The van der Waals surface area contributed by atoms with Crippen molar-refractivity contribution in [1.82, 2.24) is 0 Å².